The van der Waals surface area contributed by atoms with E-state index in [4.69, 9.17) is 37.0 Å². The number of esters is 4. The molecule has 0 amide bonds. The van der Waals surface area contributed by atoms with Gasteiger partial charge >= 0.3 is 39.5 Å². The smallest absolute Gasteiger partial charge is 0.462 e. The Labute approximate surface area is 632 Å². The highest BCUT2D eigenvalue weighted by Crippen LogP contribution is 2.45. The van der Waals surface area contributed by atoms with Crippen molar-refractivity contribution >= 4 is 39.5 Å². The highest BCUT2D eigenvalue weighted by Gasteiger charge is 2.30. The molecule has 0 fully saturated rings. The van der Waals surface area contributed by atoms with Gasteiger partial charge in [-0.2, -0.15) is 0 Å². The Morgan fingerprint density at radius 1 is 0.262 bits per heavy atom. The van der Waals surface area contributed by atoms with Gasteiger partial charge in [0.25, 0.3) is 0 Å². The van der Waals surface area contributed by atoms with E-state index in [0.29, 0.717) is 25.7 Å². The van der Waals surface area contributed by atoms with E-state index in [-0.39, 0.29) is 25.7 Å². The van der Waals surface area contributed by atoms with Gasteiger partial charge < -0.3 is 33.8 Å². The molecule has 2 unspecified atom stereocenters. The standard InChI is InChI=1S/C84H164O17P2/c1-8-9-10-11-12-34-44-51-58-65-81(86)94-71-79(101-84(89)68-61-54-47-40-33-37-43-50-57-64-77(6)7)73-98-102(90,91)96-69-78(85)70-97-103(92,93)99-74-80(100-83(88)67-60-53-46-39-32-28-24-20-16-14-18-22-26-30-36-42-49-56-63-76(4)5)72-95-82(87)66-59-52-45-38-31-27-23-19-15-13-17-21-25-29-35-41-48-55-62-75(2)3/h75-80,85H,8-74H2,1-7H3,(H,90,91)(H,92,93)/t78-,79+,80+/m0/s1. The Morgan fingerprint density at radius 3 is 0.660 bits per heavy atom. The summed E-state index contributed by atoms with van der Waals surface area (Å²) < 4.78 is 68.7. The van der Waals surface area contributed by atoms with Crippen molar-refractivity contribution in [2.75, 3.05) is 39.6 Å². The molecule has 0 aromatic carbocycles. The molecular formula is C84H164O17P2. The number of phosphoric acid groups is 2. The Kier molecular flexibility index (Phi) is 72.8. The van der Waals surface area contributed by atoms with Crippen LogP contribution in [0.25, 0.3) is 0 Å². The lowest BCUT2D eigenvalue weighted by molar-refractivity contribution is -0.161. The lowest BCUT2D eigenvalue weighted by atomic mass is 10.0. The van der Waals surface area contributed by atoms with Gasteiger partial charge in [0.2, 0.25) is 0 Å². The van der Waals surface area contributed by atoms with Crippen LogP contribution >= 0.6 is 15.6 Å². The summed E-state index contributed by atoms with van der Waals surface area (Å²) in [4.78, 5) is 73.0. The monoisotopic (exact) mass is 1510 g/mol. The maximum atomic E-state index is 13.1. The predicted octanol–water partition coefficient (Wildman–Crippen LogP) is 25.3. The molecule has 17 nitrogen and oxygen atoms in total. The second-order valence-corrected chi connectivity index (χ2v) is 34.6. The first kappa shape index (κ1) is 101. The molecule has 0 aliphatic rings. The molecule has 0 aliphatic heterocycles. The Hall–Kier alpha value is -1.94. The summed E-state index contributed by atoms with van der Waals surface area (Å²) in [7, 11) is -9.92. The number of aliphatic hydroxyl groups excluding tert-OH is 1. The van der Waals surface area contributed by atoms with Crippen molar-refractivity contribution in [2.45, 2.75) is 458 Å². The molecule has 103 heavy (non-hydrogen) atoms. The van der Waals surface area contributed by atoms with E-state index < -0.39 is 97.5 Å². The van der Waals surface area contributed by atoms with Crippen molar-refractivity contribution in [3.05, 3.63) is 0 Å². The van der Waals surface area contributed by atoms with Crippen LogP contribution in [0, 0.1) is 17.8 Å². The maximum Gasteiger partial charge on any atom is 0.472 e. The number of carbonyl (C=O) groups excluding carboxylic acids is 4. The zero-order valence-corrected chi connectivity index (χ0v) is 69.6. The summed E-state index contributed by atoms with van der Waals surface area (Å²) in [6.45, 7) is 12.0. The highest BCUT2D eigenvalue weighted by molar-refractivity contribution is 7.47. The van der Waals surface area contributed by atoms with Crippen molar-refractivity contribution in [1.82, 2.24) is 0 Å². The first-order chi connectivity index (χ1) is 49.7. The van der Waals surface area contributed by atoms with Gasteiger partial charge in [0, 0.05) is 25.7 Å². The third kappa shape index (κ3) is 78.0. The third-order valence-electron chi connectivity index (χ3n) is 19.6. The molecule has 612 valence electrons. The number of hydrogen-bond acceptors (Lipinski definition) is 15. The molecule has 0 radical (unpaired) electrons. The number of ether oxygens (including phenoxy) is 4. The first-order valence-corrected chi connectivity index (χ1v) is 46.3. The number of unbranched alkanes of at least 4 members (excludes halogenated alkanes) is 50. The van der Waals surface area contributed by atoms with Crippen LogP contribution in [0.1, 0.15) is 440 Å². The van der Waals surface area contributed by atoms with Crippen LogP contribution in [-0.4, -0.2) is 96.7 Å². The Bertz CT molecular complexity index is 1990. The van der Waals surface area contributed by atoms with Crippen molar-refractivity contribution in [2.24, 2.45) is 17.8 Å². The van der Waals surface area contributed by atoms with Crippen LogP contribution in [0.5, 0.6) is 0 Å². The van der Waals surface area contributed by atoms with E-state index in [1.54, 1.807) is 0 Å². The summed E-state index contributed by atoms with van der Waals surface area (Å²) >= 11 is 0. The Morgan fingerprint density at radius 2 is 0.447 bits per heavy atom. The lowest BCUT2D eigenvalue weighted by Gasteiger charge is -2.21. The van der Waals surface area contributed by atoms with Crippen LogP contribution < -0.4 is 0 Å². The van der Waals surface area contributed by atoms with Gasteiger partial charge in [0.1, 0.15) is 19.3 Å². The zero-order valence-electron chi connectivity index (χ0n) is 67.8. The van der Waals surface area contributed by atoms with Gasteiger partial charge in [-0.3, -0.25) is 37.3 Å². The number of hydrogen-bond donors (Lipinski definition) is 3. The van der Waals surface area contributed by atoms with E-state index >= 15 is 0 Å². The fraction of sp³-hybridized carbons (Fsp3) is 0.952. The summed E-state index contributed by atoms with van der Waals surface area (Å²) in [5.74, 6) is 0.270. The molecule has 0 spiro atoms. The van der Waals surface area contributed by atoms with Crippen molar-refractivity contribution in [1.29, 1.82) is 0 Å². The van der Waals surface area contributed by atoms with E-state index in [1.165, 1.54) is 250 Å². The second kappa shape index (κ2) is 74.2. The van der Waals surface area contributed by atoms with Crippen LogP contribution in [-0.2, 0) is 65.4 Å². The predicted molar refractivity (Wildman–Crippen MR) is 423 cm³/mol. The number of rotatable bonds is 82. The lowest BCUT2D eigenvalue weighted by Crippen LogP contribution is -2.30. The van der Waals surface area contributed by atoms with Gasteiger partial charge in [-0.1, -0.05) is 389 Å². The number of phosphoric ester groups is 2. The second-order valence-electron chi connectivity index (χ2n) is 31.6. The van der Waals surface area contributed by atoms with E-state index in [9.17, 15) is 43.2 Å². The SMILES string of the molecule is CCCCCCCCCCCC(=O)OC[C@H](COP(=O)(O)OC[C@H](O)COP(=O)(O)OC[C@@H](COC(=O)CCCCCCCCCCCCCCCCCCCCC(C)C)OC(=O)CCCCCCCCCCCCCCCCCCCCC(C)C)OC(=O)CCCCCCCCCCCC(C)C. The summed E-state index contributed by atoms with van der Waals surface area (Å²) in [5, 5.41) is 10.6. The minimum atomic E-state index is -4.96. The van der Waals surface area contributed by atoms with Crippen LogP contribution in [0.4, 0.5) is 0 Å². The molecule has 5 atom stereocenters. The minimum Gasteiger partial charge on any atom is -0.462 e. The highest BCUT2D eigenvalue weighted by atomic mass is 31.2. The molecule has 3 N–H and O–H groups in total. The van der Waals surface area contributed by atoms with Gasteiger partial charge in [-0.05, 0) is 43.4 Å². The van der Waals surface area contributed by atoms with Crippen LogP contribution in [0.15, 0.2) is 0 Å². The van der Waals surface area contributed by atoms with Gasteiger partial charge in [-0.25, -0.2) is 9.13 Å². The zero-order chi connectivity index (χ0) is 75.8. The van der Waals surface area contributed by atoms with Crippen molar-refractivity contribution in [3.8, 4) is 0 Å². The molecule has 19 heteroatoms. The molecule has 0 bridgehead atoms. The molecular weight excluding hydrogens is 1340 g/mol. The third-order valence-corrected chi connectivity index (χ3v) is 21.5. The van der Waals surface area contributed by atoms with E-state index in [1.807, 2.05) is 0 Å². The minimum absolute atomic E-state index is 0.105. The quantitative estimate of drug-likeness (QED) is 0.0222. The fourth-order valence-corrected chi connectivity index (χ4v) is 14.6. The normalized spacial score (nSPS) is 13.9. The molecule has 0 aromatic rings. The molecule has 0 aliphatic carbocycles. The number of aliphatic hydroxyl groups is 1. The maximum absolute atomic E-state index is 13.1. The van der Waals surface area contributed by atoms with E-state index in [2.05, 4.69) is 48.5 Å². The topological polar surface area (TPSA) is 237 Å². The number of carbonyl (C=O) groups is 4. The molecule has 0 aromatic heterocycles. The van der Waals surface area contributed by atoms with Gasteiger partial charge in [0.05, 0.1) is 26.4 Å². The van der Waals surface area contributed by atoms with Gasteiger partial charge in [-0.15, -0.1) is 0 Å². The summed E-state index contributed by atoms with van der Waals surface area (Å²) in [6.07, 6.45) is 64.1. The van der Waals surface area contributed by atoms with Crippen LogP contribution in [0.3, 0.4) is 0 Å². The van der Waals surface area contributed by atoms with E-state index in [0.717, 1.165) is 108 Å². The molecule has 0 rings (SSSR count). The van der Waals surface area contributed by atoms with Crippen molar-refractivity contribution in [3.63, 3.8) is 0 Å². The average Bonchev–Trinajstić information content (AvgIpc) is 0.939. The molecule has 0 saturated carbocycles. The largest absolute Gasteiger partial charge is 0.472 e. The first-order valence-electron chi connectivity index (χ1n) is 43.3. The van der Waals surface area contributed by atoms with Gasteiger partial charge in [0.15, 0.2) is 12.2 Å². The van der Waals surface area contributed by atoms with Crippen LogP contribution in [0.2, 0.25) is 0 Å². The summed E-state index contributed by atoms with van der Waals surface area (Å²) in [5.41, 5.74) is 0. The average molecular weight is 1510 g/mol. The Balaban J connectivity index is 5.18. The summed E-state index contributed by atoms with van der Waals surface area (Å²) in [6, 6.07) is 0. The molecule has 0 heterocycles. The molecule has 0 saturated heterocycles. The van der Waals surface area contributed by atoms with Crippen molar-refractivity contribution < 1.29 is 80.2 Å². The fourth-order valence-electron chi connectivity index (χ4n) is 13.0.